The number of morpholine rings is 1. The van der Waals surface area contributed by atoms with Crippen molar-refractivity contribution in [1.82, 2.24) is 24.5 Å². The van der Waals surface area contributed by atoms with Gasteiger partial charge in [0.25, 0.3) is 5.91 Å². The Hall–Kier alpha value is -2.65. The molecule has 0 aliphatic carbocycles. The van der Waals surface area contributed by atoms with Crippen molar-refractivity contribution in [3.05, 3.63) is 71.7 Å². The summed E-state index contributed by atoms with van der Waals surface area (Å²) in [5, 5.41) is 3.45. The SMILES string of the molecule is CC(C)CN(C(=O)c1nc2ccccn2c1CCc1ccccc1)[C@@H]1CNC[C@H](C(=O)N2CCOCC2)C1.Cl.Cl. The molecule has 10 heteroatoms. The molecule has 40 heavy (non-hydrogen) atoms. The number of fused-ring (bicyclic) bond motifs is 1. The van der Waals surface area contributed by atoms with Crippen LogP contribution >= 0.6 is 24.8 Å². The van der Waals surface area contributed by atoms with Gasteiger partial charge in [-0.2, -0.15) is 0 Å². The lowest BCUT2D eigenvalue weighted by Crippen LogP contribution is -2.56. The number of carbonyl (C=O) groups excluding carboxylic acids is 2. The van der Waals surface area contributed by atoms with E-state index in [4.69, 9.17) is 9.72 Å². The number of hydrogen-bond donors (Lipinski definition) is 1. The van der Waals surface area contributed by atoms with Crippen LogP contribution in [0, 0.1) is 11.8 Å². The fourth-order valence-corrected chi connectivity index (χ4v) is 5.68. The number of carbonyl (C=O) groups is 2. The van der Waals surface area contributed by atoms with E-state index in [1.54, 1.807) is 0 Å². The highest BCUT2D eigenvalue weighted by Gasteiger charge is 2.36. The average molecular weight is 591 g/mol. The van der Waals surface area contributed by atoms with E-state index >= 15 is 0 Å². The molecule has 8 nitrogen and oxygen atoms in total. The van der Waals surface area contributed by atoms with E-state index in [1.165, 1.54) is 5.56 Å². The van der Waals surface area contributed by atoms with Gasteiger partial charge in [0, 0.05) is 45.0 Å². The molecule has 1 aromatic carbocycles. The smallest absolute Gasteiger partial charge is 0.274 e. The molecule has 0 bridgehead atoms. The van der Waals surface area contributed by atoms with Crippen molar-refractivity contribution in [2.45, 2.75) is 39.2 Å². The van der Waals surface area contributed by atoms with Crippen LogP contribution in [-0.2, 0) is 22.4 Å². The number of aromatic nitrogens is 2. The molecule has 4 heterocycles. The molecule has 2 aromatic heterocycles. The molecule has 0 unspecified atom stereocenters. The van der Waals surface area contributed by atoms with Crippen LogP contribution in [0.1, 0.15) is 42.0 Å². The summed E-state index contributed by atoms with van der Waals surface area (Å²) in [6, 6.07) is 16.2. The van der Waals surface area contributed by atoms with Crippen molar-refractivity contribution >= 4 is 42.3 Å². The minimum Gasteiger partial charge on any atom is -0.378 e. The molecule has 5 rings (SSSR count). The maximum absolute atomic E-state index is 14.3. The fraction of sp³-hybridized carbons (Fsp3) is 0.500. The number of rotatable bonds is 8. The summed E-state index contributed by atoms with van der Waals surface area (Å²) in [6.45, 7) is 8.67. The van der Waals surface area contributed by atoms with E-state index in [0.29, 0.717) is 70.4 Å². The number of hydrogen-bond acceptors (Lipinski definition) is 5. The lowest BCUT2D eigenvalue weighted by molar-refractivity contribution is -0.140. The van der Waals surface area contributed by atoms with Gasteiger partial charge in [0.15, 0.2) is 5.69 Å². The second-order valence-corrected chi connectivity index (χ2v) is 10.9. The van der Waals surface area contributed by atoms with E-state index in [9.17, 15) is 9.59 Å². The minimum atomic E-state index is -0.145. The molecule has 2 saturated heterocycles. The van der Waals surface area contributed by atoms with E-state index in [2.05, 4.69) is 31.3 Å². The van der Waals surface area contributed by atoms with Crippen molar-refractivity contribution in [3.8, 4) is 0 Å². The highest BCUT2D eigenvalue weighted by molar-refractivity contribution is 5.95. The number of aryl methyl sites for hydroxylation is 2. The van der Waals surface area contributed by atoms with Gasteiger partial charge < -0.3 is 24.3 Å². The molecule has 2 atom stereocenters. The molecule has 2 aliphatic rings. The Labute approximate surface area is 249 Å². The zero-order valence-electron chi connectivity index (χ0n) is 23.3. The summed E-state index contributed by atoms with van der Waals surface area (Å²) >= 11 is 0. The van der Waals surface area contributed by atoms with Crippen LogP contribution in [0.2, 0.25) is 0 Å². The Kier molecular flexibility index (Phi) is 11.8. The second-order valence-electron chi connectivity index (χ2n) is 10.9. The minimum absolute atomic E-state index is 0. The third kappa shape index (κ3) is 7.35. The normalized spacial score (nSPS) is 19.1. The molecular formula is C30H41Cl2N5O3. The monoisotopic (exact) mass is 589 g/mol. The number of nitrogens with one attached hydrogen (secondary N) is 1. The number of nitrogens with zero attached hydrogens (tertiary/aromatic N) is 4. The van der Waals surface area contributed by atoms with Gasteiger partial charge in [0.05, 0.1) is 24.8 Å². The van der Waals surface area contributed by atoms with Crippen LogP contribution in [0.25, 0.3) is 5.65 Å². The predicted molar refractivity (Wildman–Crippen MR) is 162 cm³/mol. The van der Waals surface area contributed by atoms with Gasteiger partial charge >= 0.3 is 0 Å². The first-order chi connectivity index (χ1) is 18.5. The summed E-state index contributed by atoms with van der Waals surface area (Å²) < 4.78 is 7.48. The van der Waals surface area contributed by atoms with Crippen LogP contribution < -0.4 is 5.32 Å². The van der Waals surface area contributed by atoms with Gasteiger partial charge in [-0.3, -0.25) is 9.59 Å². The number of amides is 2. The first-order valence-corrected chi connectivity index (χ1v) is 13.9. The van der Waals surface area contributed by atoms with E-state index in [-0.39, 0.29) is 48.6 Å². The van der Waals surface area contributed by atoms with Gasteiger partial charge in [0.1, 0.15) is 5.65 Å². The summed E-state index contributed by atoms with van der Waals surface area (Å²) in [5.41, 5.74) is 3.48. The molecule has 2 amide bonds. The summed E-state index contributed by atoms with van der Waals surface area (Å²) in [7, 11) is 0. The molecule has 218 valence electrons. The average Bonchev–Trinajstić information content (AvgIpc) is 3.33. The van der Waals surface area contributed by atoms with Crippen molar-refractivity contribution in [3.63, 3.8) is 0 Å². The Morgan fingerprint density at radius 1 is 1.02 bits per heavy atom. The van der Waals surface area contributed by atoms with Crippen molar-refractivity contribution in [1.29, 1.82) is 0 Å². The zero-order valence-corrected chi connectivity index (χ0v) is 25.0. The number of benzene rings is 1. The zero-order chi connectivity index (χ0) is 26.5. The number of halogens is 2. The Morgan fingerprint density at radius 2 is 1.75 bits per heavy atom. The van der Waals surface area contributed by atoms with Crippen molar-refractivity contribution < 1.29 is 14.3 Å². The topological polar surface area (TPSA) is 79.2 Å². The van der Waals surface area contributed by atoms with Gasteiger partial charge in [0.2, 0.25) is 5.91 Å². The largest absolute Gasteiger partial charge is 0.378 e. The summed E-state index contributed by atoms with van der Waals surface area (Å²) in [4.78, 5) is 36.3. The summed E-state index contributed by atoms with van der Waals surface area (Å²) in [5.74, 6) is 0.266. The Balaban J connectivity index is 0.00000220. The fourth-order valence-electron chi connectivity index (χ4n) is 5.68. The first-order valence-electron chi connectivity index (χ1n) is 13.9. The number of pyridine rings is 1. The Morgan fingerprint density at radius 3 is 2.48 bits per heavy atom. The van der Waals surface area contributed by atoms with Crippen molar-refractivity contribution in [2.75, 3.05) is 45.9 Å². The third-order valence-electron chi connectivity index (χ3n) is 7.59. The summed E-state index contributed by atoms with van der Waals surface area (Å²) in [6.07, 6.45) is 4.20. The molecule has 0 saturated carbocycles. The quantitative estimate of drug-likeness (QED) is 0.431. The number of piperidine rings is 1. The number of imidazole rings is 1. The second kappa shape index (κ2) is 14.8. The predicted octanol–water partition coefficient (Wildman–Crippen LogP) is 3.90. The molecule has 1 N–H and O–H groups in total. The van der Waals surface area contributed by atoms with Gasteiger partial charge in [-0.1, -0.05) is 50.2 Å². The van der Waals surface area contributed by atoms with Crippen LogP contribution in [0.15, 0.2) is 54.7 Å². The van der Waals surface area contributed by atoms with Crippen LogP contribution in [-0.4, -0.2) is 83.0 Å². The maximum Gasteiger partial charge on any atom is 0.274 e. The lowest BCUT2D eigenvalue weighted by atomic mass is 9.92. The maximum atomic E-state index is 14.3. The van der Waals surface area contributed by atoms with Crippen LogP contribution in [0.4, 0.5) is 0 Å². The van der Waals surface area contributed by atoms with Crippen molar-refractivity contribution in [2.24, 2.45) is 11.8 Å². The molecule has 0 spiro atoms. The Bertz CT molecular complexity index is 1250. The van der Waals surface area contributed by atoms with E-state index in [1.807, 2.05) is 56.8 Å². The molecule has 3 aromatic rings. The first kappa shape index (κ1) is 31.9. The van der Waals surface area contributed by atoms with Crippen LogP contribution in [0.5, 0.6) is 0 Å². The van der Waals surface area contributed by atoms with E-state index in [0.717, 1.165) is 17.8 Å². The van der Waals surface area contributed by atoms with Crippen LogP contribution in [0.3, 0.4) is 0 Å². The lowest BCUT2D eigenvalue weighted by Gasteiger charge is -2.40. The molecular weight excluding hydrogens is 549 g/mol. The third-order valence-corrected chi connectivity index (χ3v) is 7.59. The van der Waals surface area contributed by atoms with Gasteiger partial charge in [-0.25, -0.2) is 4.98 Å². The number of ether oxygens (including phenoxy) is 1. The standard InChI is InChI=1S/C30H39N5O3.2ClH/c1-22(2)21-35(25-18-24(19-31-20-25)29(36)33-14-16-38-17-15-33)30(37)28-26(12-11-23-8-4-3-5-9-23)34-13-7-6-10-27(34)32-28;;/h3-10,13,22,24-25,31H,11-12,14-21H2,1-2H3;2*1H/t24-,25+;;/m1../s1. The molecule has 2 aliphatic heterocycles. The van der Waals surface area contributed by atoms with Gasteiger partial charge in [-0.05, 0) is 42.9 Å². The van der Waals surface area contributed by atoms with E-state index < -0.39 is 0 Å². The van der Waals surface area contributed by atoms with Gasteiger partial charge in [-0.15, -0.1) is 24.8 Å². The molecule has 0 radical (unpaired) electrons. The highest BCUT2D eigenvalue weighted by atomic mass is 35.5. The molecule has 2 fully saturated rings. The highest BCUT2D eigenvalue weighted by Crippen LogP contribution is 2.24.